The highest BCUT2D eigenvalue weighted by atomic mass is 32.1. The number of thiazole rings is 1. The molecule has 1 amide bonds. The third kappa shape index (κ3) is 3.27. The van der Waals surface area contributed by atoms with Gasteiger partial charge in [0.2, 0.25) is 0 Å². The Hall–Kier alpha value is -2.58. The Morgan fingerprint density at radius 2 is 2.13 bits per heavy atom. The molecule has 116 valence electrons. The Bertz CT molecular complexity index is 843. The summed E-state index contributed by atoms with van der Waals surface area (Å²) in [6.07, 6.45) is 4.39. The molecule has 3 aromatic heterocycles. The van der Waals surface area contributed by atoms with E-state index in [1.54, 1.807) is 11.3 Å². The zero-order valence-electron chi connectivity index (χ0n) is 12.0. The van der Waals surface area contributed by atoms with Gasteiger partial charge in [0.1, 0.15) is 9.88 Å². The van der Waals surface area contributed by atoms with Crippen LogP contribution in [0.15, 0.2) is 42.2 Å². The van der Waals surface area contributed by atoms with E-state index < -0.39 is 5.97 Å². The van der Waals surface area contributed by atoms with Gasteiger partial charge in [0, 0.05) is 6.20 Å². The number of pyridine rings is 1. The first-order valence-corrected chi connectivity index (χ1v) is 8.22. The van der Waals surface area contributed by atoms with Gasteiger partial charge in [-0.05, 0) is 17.5 Å². The fraction of sp³-hybridized carbons (Fsp3) is 0.0667. The Morgan fingerprint density at radius 3 is 2.87 bits per heavy atom. The van der Waals surface area contributed by atoms with E-state index in [-0.39, 0.29) is 11.5 Å². The number of esters is 1. The smallest absolute Gasteiger partial charge is 0.340 e. The fourth-order valence-corrected chi connectivity index (χ4v) is 3.47. The number of thiophene rings is 1. The van der Waals surface area contributed by atoms with Gasteiger partial charge in [0.15, 0.2) is 0 Å². The van der Waals surface area contributed by atoms with Gasteiger partial charge in [-0.25, -0.2) is 9.78 Å². The third-order valence-corrected chi connectivity index (χ3v) is 4.97. The summed E-state index contributed by atoms with van der Waals surface area (Å²) in [7, 11) is 1.28. The van der Waals surface area contributed by atoms with Gasteiger partial charge in [0.25, 0.3) is 5.91 Å². The van der Waals surface area contributed by atoms with Gasteiger partial charge in [-0.15, -0.1) is 22.7 Å². The van der Waals surface area contributed by atoms with E-state index in [1.807, 2.05) is 17.5 Å². The highest BCUT2D eigenvalue weighted by Gasteiger charge is 2.17. The Morgan fingerprint density at radius 1 is 1.26 bits per heavy atom. The van der Waals surface area contributed by atoms with Gasteiger partial charge in [-0.2, -0.15) is 0 Å². The van der Waals surface area contributed by atoms with E-state index in [1.165, 1.54) is 43.1 Å². The van der Waals surface area contributed by atoms with E-state index in [9.17, 15) is 9.59 Å². The van der Waals surface area contributed by atoms with E-state index in [4.69, 9.17) is 4.74 Å². The molecule has 0 saturated heterocycles. The summed E-state index contributed by atoms with van der Waals surface area (Å²) in [5.74, 6) is -0.880. The van der Waals surface area contributed by atoms with E-state index in [0.29, 0.717) is 10.6 Å². The number of rotatable bonds is 4. The molecule has 3 aromatic rings. The van der Waals surface area contributed by atoms with Crippen molar-refractivity contribution in [2.24, 2.45) is 0 Å². The van der Waals surface area contributed by atoms with E-state index in [2.05, 4.69) is 15.3 Å². The molecule has 0 unspecified atom stereocenters. The molecular weight excluding hydrogens is 334 g/mol. The Labute approximate surface area is 139 Å². The second-order valence-corrected chi connectivity index (χ2v) is 6.35. The molecule has 0 bridgehead atoms. The highest BCUT2D eigenvalue weighted by molar-refractivity contribution is 7.22. The van der Waals surface area contributed by atoms with E-state index >= 15 is 0 Å². The van der Waals surface area contributed by atoms with Crippen LogP contribution in [0.1, 0.15) is 20.0 Å². The maximum atomic E-state index is 12.3. The molecule has 3 heterocycles. The normalized spacial score (nSPS) is 10.3. The number of aromatic nitrogens is 2. The number of ether oxygens (including phenoxy) is 1. The predicted octanol–water partition coefficient (Wildman–Crippen LogP) is 3.31. The molecule has 0 aliphatic rings. The van der Waals surface area contributed by atoms with Crippen molar-refractivity contribution in [1.82, 2.24) is 9.97 Å². The minimum atomic E-state index is -0.536. The van der Waals surface area contributed by atoms with Crippen LogP contribution in [0.4, 0.5) is 5.69 Å². The zero-order valence-corrected chi connectivity index (χ0v) is 13.6. The topological polar surface area (TPSA) is 81.2 Å². The van der Waals surface area contributed by atoms with Crippen LogP contribution in [0, 0.1) is 0 Å². The quantitative estimate of drug-likeness (QED) is 0.734. The number of carbonyl (C=O) groups excluding carboxylic acids is 2. The molecular formula is C15H11N3O3S2. The standard InChI is InChI=1S/C15H11N3O3S2/c1-21-15(20)9-4-5-16-7-10(9)18-13(19)12-8-17-14(23-12)11-3-2-6-22-11/h2-8H,1H3,(H,18,19). The average Bonchev–Trinajstić information content (AvgIpc) is 3.25. The molecule has 0 fully saturated rings. The first-order chi connectivity index (χ1) is 11.2. The van der Waals surface area contributed by atoms with Crippen LogP contribution in [-0.4, -0.2) is 29.0 Å². The first-order valence-electron chi connectivity index (χ1n) is 6.52. The minimum absolute atomic E-state index is 0.249. The van der Waals surface area contributed by atoms with Crippen molar-refractivity contribution in [2.45, 2.75) is 0 Å². The van der Waals surface area contributed by atoms with Gasteiger partial charge in [-0.1, -0.05) is 6.07 Å². The lowest BCUT2D eigenvalue weighted by Crippen LogP contribution is -2.14. The second-order valence-electron chi connectivity index (χ2n) is 4.37. The monoisotopic (exact) mass is 345 g/mol. The number of anilines is 1. The molecule has 0 aliphatic heterocycles. The van der Waals surface area contributed by atoms with Gasteiger partial charge < -0.3 is 10.1 Å². The van der Waals surface area contributed by atoms with Crippen molar-refractivity contribution in [3.63, 3.8) is 0 Å². The fourth-order valence-electron chi connectivity index (χ4n) is 1.86. The lowest BCUT2D eigenvalue weighted by Gasteiger charge is -2.07. The highest BCUT2D eigenvalue weighted by Crippen LogP contribution is 2.29. The van der Waals surface area contributed by atoms with E-state index in [0.717, 1.165) is 9.88 Å². The molecule has 0 aliphatic carbocycles. The summed E-state index contributed by atoms with van der Waals surface area (Å²) in [4.78, 5) is 33.7. The van der Waals surface area contributed by atoms with Gasteiger partial charge in [-0.3, -0.25) is 9.78 Å². The molecule has 0 radical (unpaired) electrons. The summed E-state index contributed by atoms with van der Waals surface area (Å²) >= 11 is 2.85. The Kier molecular flexibility index (Phi) is 4.45. The summed E-state index contributed by atoms with van der Waals surface area (Å²) in [6.45, 7) is 0. The van der Waals surface area contributed by atoms with Crippen molar-refractivity contribution >= 4 is 40.2 Å². The molecule has 0 aromatic carbocycles. The van der Waals surface area contributed by atoms with Crippen LogP contribution in [0.5, 0.6) is 0 Å². The van der Waals surface area contributed by atoms with Crippen molar-refractivity contribution < 1.29 is 14.3 Å². The van der Waals surface area contributed by atoms with Crippen LogP contribution in [0.3, 0.4) is 0 Å². The summed E-state index contributed by atoms with van der Waals surface area (Å²) < 4.78 is 4.69. The summed E-state index contributed by atoms with van der Waals surface area (Å²) in [5.41, 5.74) is 0.550. The van der Waals surface area contributed by atoms with Crippen LogP contribution < -0.4 is 5.32 Å². The maximum absolute atomic E-state index is 12.3. The number of hydrogen-bond donors (Lipinski definition) is 1. The van der Waals surface area contributed by atoms with Crippen molar-refractivity contribution in [3.05, 3.63) is 52.6 Å². The third-order valence-electron chi connectivity index (χ3n) is 2.94. The van der Waals surface area contributed by atoms with Crippen LogP contribution in [0.25, 0.3) is 9.88 Å². The molecule has 6 nitrogen and oxygen atoms in total. The maximum Gasteiger partial charge on any atom is 0.340 e. The van der Waals surface area contributed by atoms with Crippen LogP contribution >= 0.6 is 22.7 Å². The minimum Gasteiger partial charge on any atom is -0.465 e. The SMILES string of the molecule is COC(=O)c1ccncc1NC(=O)c1cnc(-c2cccs2)s1. The number of hydrogen-bond acceptors (Lipinski definition) is 7. The lowest BCUT2D eigenvalue weighted by atomic mass is 10.2. The van der Waals surface area contributed by atoms with Crippen molar-refractivity contribution in [3.8, 4) is 9.88 Å². The van der Waals surface area contributed by atoms with Crippen LogP contribution in [0.2, 0.25) is 0 Å². The zero-order chi connectivity index (χ0) is 16.2. The predicted molar refractivity (Wildman–Crippen MR) is 89.0 cm³/mol. The largest absolute Gasteiger partial charge is 0.465 e. The second kappa shape index (κ2) is 6.67. The van der Waals surface area contributed by atoms with Gasteiger partial charge >= 0.3 is 5.97 Å². The molecule has 0 spiro atoms. The Balaban J connectivity index is 1.82. The number of nitrogens with zero attached hydrogens (tertiary/aromatic N) is 2. The summed E-state index contributed by atoms with van der Waals surface area (Å²) in [5, 5.41) is 5.41. The molecule has 0 saturated carbocycles. The number of nitrogens with one attached hydrogen (secondary N) is 1. The van der Waals surface area contributed by atoms with Crippen molar-refractivity contribution in [1.29, 1.82) is 0 Å². The molecule has 8 heteroatoms. The number of amides is 1. The molecule has 23 heavy (non-hydrogen) atoms. The van der Waals surface area contributed by atoms with Gasteiger partial charge in [0.05, 0.1) is 35.6 Å². The van der Waals surface area contributed by atoms with Crippen molar-refractivity contribution in [2.75, 3.05) is 12.4 Å². The summed E-state index contributed by atoms with van der Waals surface area (Å²) in [6, 6.07) is 5.37. The molecule has 3 rings (SSSR count). The number of carbonyl (C=O) groups is 2. The molecule has 1 N–H and O–H groups in total. The van der Waals surface area contributed by atoms with Crippen LogP contribution in [-0.2, 0) is 4.74 Å². The number of methoxy groups -OCH3 is 1. The average molecular weight is 345 g/mol. The first kappa shape index (κ1) is 15.3. The molecule has 0 atom stereocenters. The lowest BCUT2D eigenvalue weighted by molar-refractivity contribution is 0.0602.